The first-order valence-electron chi connectivity index (χ1n) is 4.23. The Morgan fingerprint density at radius 1 is 1.60 bits per heavy atom. The Bertz CT molecular complexity index is 592. The van der Waals surface area contributed by atoms with Crippen molar-refractivity contribution in [2.75, 3.05) is 0 Å². The summed E-state index contributed by atoms with van der Waals surface area (Å²) in [6, 6.07) is 3.24. The van der Waals surface area contributed by atoms with Gasteiger partial charge in [0.1, 0.15) is 5.65 Å². The number of hydrogen-bond acceptors (Lipinski definition) is 2. The summed E-state index contributed by atoms with van der Waals surface area (Å²) in [5.41, 5.74) is 1.55. The van der Waals surface area contributed by atoms with Crippen LogP contribution in [0.4, 0.5) is 5.69 Å². The van der Waals surface area contributed by atoms with Crippen molar-refractivity contribution in [3.05, 3.63) is 41.1 Å². The van der Waals surface area contributed by atoms with Gasteiger partial charge < -0.3 is 9.51 Å². The van der Waals surface area contributed by atoms with Crippen molar-refractivity contribution in [3.8, 4) is 0 Å². The molecule has 2 aromatic heterocycles. The second-order valence-electron chi connectivity index (χ2n) is 3.08. The molecule has 2 heterocycles. The highest BCUT2D eigenvalue weighted by atomic mass is 16.4. The third-order valence-corrected chi connectivity index (χ3v) is 2.17. The molecule has 0 amide bonds. The Balaban J connectivity index is 2.79. The van der Waals surface area contributed by atoms with Crippen LogP contribution in [-0.2, 0) is 0 Å². The van der Waals surface area contributed by atoms with Crippen LogP contribution in [0, 0.1) is 13.5 Å². The van der Waals surface area contributed by atoms with Crippen LogP contribution in [0.2, 0.25) is 0 Å². The molecule has 0 fully saturated rings. The van der Waals surface area contributed by atoms with Gasteiger partial charge in [-0.15, -0.1) is 0 Å². The molecule has 0 saturated carbocycles. The Morgan fingerprint density at radius 2 is 2.33 bits per heavy atom. The molecule has 74 valence electrons. The molecule has 0 aliphatic heterocycles. The van der Waals surface area contributed by atoms with Crippen molar-refractivity contribution >= 4 is 17.3 Å². The van der Waals surface area contributed by atoms with Crippen LogP contribution in [0.3, 0.4) is 0 Å². The van der Waals surface area contributed by atoms with Gasteiger partial charge in [0, 0.05) is 6.20 Å². The maximum Gasteiger partial charge on any atom is 0.356 e. The molecule has 2 rings (SSSR count). The average Bonchev–Trinajstić information content (AvgIpc) is 2.56. The average molecular weight is 201 g/mol. The van der Waals surface area contributed by atoms with Gasteiger partial charge >= 0.3 is 5.97 Å². The van der Waals surface area contributed by atoms with E-state index in [1.165, 1.54) is 0 Å². The number of aryl methyl sites for hydroxylation is 1. The van der Waals surface area contributed by atoms with Gasteiger partial charge in [0.05, 0.1) is 12.3 Å². The Morgan fingerprint density at radius 3 is 2.93 bits per heavy atom. The van der Waals surface area contributed by atoms with Gasteiger partial charge in [-0.25, -0.2) is 14.6 Å². The predicted molar refractivity (Wildman–Crippen MR) is 53.2 cm³/mol. The molecule has 0 spiro atoms. The number of carboxylic acids is 1. The fourth-order valence-electron chi connectivity index (χ4n) is 1.42. The van der Waals surface area contributed by atoms with Gasteiger partial charge in [-0.05, 0) is 13.0 Å². The van der Waals surface area contributed by atoms with Gasteiger partial charge in [0.25, 0.3) is 0 Å². The Kier molecular flexibility index (Phi) is 1.90. The van der Waals surface area contributed by atoms with Crippen LogP contribution in [-0.4, -0.2) is 20.5 Å². The van der Waals surface area contributed by atoms with Crippen LogP contribution in [0.5, 0.6) is 0 Å². The van der Waals surface area contributed by atoms with Crippen molar-refractivity contribution in [2.24, 2.45) is 0 Å². The van der Waals surface area contributed by atoms with E-state index in [1.807, 2.05) is 0 Å². The molecule has 15 heavy (non-hydrogen) atoms. The van der Waals surface area contributed by atoms with E-state index in [0.717, 1.165) is 0 Å². The van der Waals surface area contributed by atoms with Gasteiger partial charge in [-0.1, -0.05) is 6.07 Å². The largest absolute Gasteiger partial charge is 0.476 e. The van der Waals surface area contributed by atoms with Crippen LogP contribution < -0.4 is 0 Å². The normalized spacial score (nSPS) is 10.1. The minimum absolute atomic E-state index is 0.0251. The Hall–Kier alpha value is -2.35. The molecule has 0 unspecified atom stereocenters. The van der Waals surface area contributed by atoms with Crippen molar-refractivity contribution in [2.45, 2.75) is 6.92 Å². The highest BCUT2D eigenvalue weighted by molar-refractivity contribution is 5.87. The molecule has 2 aromatic rings. The van der Waals surface area contributed by atoms with E-state index in [1.54, 1.807) is 29.7 Å². The summed E-state index contributed by atoms with van der Waals surface area (Å²) in [5, 5.41) is 8.86. The molecule has 0 aliphatic carbocycles. The number of carbonyl (C=O) groups is 1. The topological polar surface area (TPSA) is 59.0 Å². The van der Waals surface area contributed by atoms with Crippen LogP contribution >= 0.6 is 0 Å². The molecular weight excluding hydrogens is 194 g/mol. The lowest BCUT2D eigenvalue weighted by atomic mass is 10.3. The second kappa shape index (κ2) is 3.10. The molecule has 0 atom stereocenters. The lowest BCUT2D eigenvalue weighted by molar-refractivity contribution is 0.0690. The van der Waals surface area contributed by atoms with E-state index >= 15 is 0 Å². The molecule has 0 saturated heterocycles. The minimum atomic E-state index is -1.06. The van der Waals surface area contributed by atoms with E-state index in [0.29, 0.717) is 17.0 Å². The fourth-order valence-corrected chi connectivity index (χ4v) is 1.42. The lowest BCUT2D eigenvalue weighted by Crippen LogP contribution is -1.99. The van der Waals surface area contributed by atoms with Crippen LogP contribution in [0.1, 0.15) is 16.2 Å². The van der Waals surface area contributed by atoms with E-state index in [4.69, 9.17) is 11.7 Å². The first-order valence-corrected chi connectivity index (χ1v) is 4.23. The number of aromatic nitrogens is 2. The van der Waals surface area contributed by atoms with E-state index < -0.39 is 5.97 Å². The number of aromatic carboxylic acids is 1. The summed E-state index contributed by atoms with van der Waals surface area (Å²) in [4.78, 5) is 18.0. The molecule has 0 bridgehead atoms. The first-order chi connectivity index (χ1) is 7.13. The maximum atomic E-state index is 10.8. The Labute approximate surface area is 85.4 Å². The monoisotopic (exact) mass is 201 g/mol. The molecular formula is C10H7N3O2. The van der Waals surface area contributed by atoms with Crippen molar-refractivity contribution in [3.63, 3.8) is 0 Å². The number of fused-ring (bicyclic) bond motifs is 1. The lowest BCUT2D eigenvalue weighted by Gasteiger charge is -1.96. The third kappa shape index (κ3) is 1.32. The second-order valence-corrected chi connectivity index (χ2v) is 3.08. The van der Waals surface area contributed by atoms with Gasteiger partial charge in [-0.3, -0.25) is 0 Å². The predicted octanol–water partition coefficient (Wildman–Crippen LogP) is 1.89. The summed E-state index contributed by atoms with van der Waals surface area (Å²) in [7, 11) is 0. The van der Waals surface area contributed by atoms with Gasteiger partial charge in [0.15, 0.2) is 5.69 Å². The zero-order valence-electron chi connectivity index (χ0n) is 7.93. The summed E-state index contributed by atoms with van der Waals surface area (Å²) in [6.07, 6.45) is 1.58. The fraction of sp³-hybridized carbons (Fsp3) is 0.100. The number of rotatable bonds is 1. The number of imidazole rings is 1. The zero-order valence-corrected chi connectivity index (χ0v) is 7.93. The number of carboxylic acid groups (broad SMARTS) is 1. The summed E-state index contributed by atoms with van der Waals surface area (Å²) < 4.78 is 1.61. The summed E-state index contributed by atoms with van der Waals surface area (Å²) >= 11 is 0. The van der Waals surface area contributed by atoms with Crippen LogP contribution in [0.15, 0.2) is 18.3 Å². The molecule has 1 N–H and O–H groups in total. The van der Waals surface area contributed by atoms with Crippen LogP contribution in [0.25, 0.3) is 10.5 Å². The molecule has 0 aromatic carbocycles. The smallest absolute Gasteiger partial charge is 0.356 e. The summed E-state index contributed by atoms with van der Waals surface area (Å²) in [5.74, 6) is -1.06. The van der Waals surface area contributed by atoms with Gasteiger partial charge in [-0.2, -0.15) is 0 Å². The molecule has 5 nitrogen and oxygen atoms in total. The van der Waals surface area contributed by atoms with Gasteiger partial charge in [0.2, 0.25) is 5.69 Å². The van der Waals surface area contributed by atoms with E-state index in [-0.39, 0.29) is 5.69 Å². The number of pyridine rings is 1. The zero-order chi connectivity index (χ0) is 11.0. The number of nitrogens with zero attached hydrogens (tertiary/aromatic N) is 3. The molecule has 0 radical (unpaired) electrons. The van der Waals surface area contributed by atoms with Crippen molar-refractivity contribution in [1.29, 1.82) is 0 Å². The highest BCUT2D eigenvalue weighted by Crippen LogP contribution is 2.17. The molecule has 0 aliphatic rings. The summed E-state index contributed by atoms with van der Waals surface area (Å²) in [6.45, 7) is 8.52. The van der Waals surface area contributed by atoms with E-state index in [2.05, 4.69) is 9.83 Å². The van der Waals surface area contributed by atoms with Crippen molar-refractivity contribution in [1.82, 2.24) is 9.38 Å². The van der Waals surface area contributed by atoms with Crippen molar-refractivity contribution < 1.29 is 9.90 Å². The third-order valence-electron chi connectivity index (χ3n) is 2.17. The van der Waals surface area contributed by atoms with E-state index in [9.17, 15) is 4.79 Å². The highest BCUT2D eigenvalue weighted by Gasteiger charge is 2.14. The standard InChI is InChI=1S/C10H7N3O2/c1-6-9(10(14)15)12-8-4-3-7(11-2)5-13(6)8/h3-5H,1H3,(H,14,15). The first kappa shape index (κ1) is 9.21. The number of hydrogen-bond donors (Lipinski definition) is 1. The maximum absolute atomic E-state index is 10.8. The quantitative estimate of drug-likeness (QED) is 0.717. The minimum Gasteiger partial charge on any atom is -0.476 e. The SMILES string of the molecule is [C-]#[N+]c1ccc2nc(C(=O)O)c(C)n2c1. The molecule has 5 heteroatoms.